The van der Waals surface area contributed by atoms with Crippen molar-refractivity contribution in [3.63, 3.8) is 0 Å². The van der Waals surface area contributed by atoms with Crippen molar-refractivity contribution in [1.82, 2.24) is 5.32 Å². The summed E-state index contributed by atoms with van der Waals surface area (Å²) in [6, 6.07) is 8.10. The predicted molar refractivity (Wildman–Crippen MR) is 76.6 cm³/mol. The molecule has 0 fully saturated rings. The minimum Gasteiger partial charge on any atom is -0.491 e. The molecule has 0 heterocycles. The second-order valence-electron chi connectivity index (χ2n) is 4.58. The Bertz CT molecular complexity index is 342. The second kappa shape index (κ2) is 9.78. The van der Waals surface area contributed by atoms with Gasteiger partial charge in [0, 0.05) is 20.2 Å². The van der Waals surface area contributed by atoms with Crippen LogP contribution in [0.2, 0.25) is 0 Å². The first-order valence-corrected chi connectivity index (χ1v) is 6.75. The van der Waals surface area contributed by atoms with Crippen LogP contribution in [-0.4, -0.2) is 39.6 Å². The van der Waals surface area contributed by atoms with Crippen LogP contribution in [0.1, 0.15) is 19.4 Å². The summed E-state index contributed by atoms with van der Waals surface area (Å²) in [5.74, 6) is 0.887. The van der Waals surface area contributed by atoms with E-state index >= 15 is 0 Å². The Morgan fingerprint density at radius 3 is 2.74 bits per heavy atom. The van der Waals surface area contributed by atoms with Crippen molar-refractivity contribution in [3.05, 3.63) is 29.8 Å². The van der Waals surface area contributed by atoms with Gasteiger partial charge in [0.15, 0.2) is 0 Å². The van der Waals surface area contributed by atoms with E-state index in [1.54, 1.807) is 7.11 Å². The van der Waals surface area contributed by atoms with Crippen LogP contribution in [0.15, 0.2) is 24.3 Å². The van der Waals surface area contributed by atoms with Gasteiger partial charge in [0.05, 0.1) is 19.3 Å². The molecule has 0 bridgehead atoms. The van der Waals surface area contributed by atoms with E-state index in [4.69, 9.17) is 14.2 Å². The zero-order valence-corrected chi connectivity index (χ0v) is 12.1. The quantitative estimate of drug-likeness (QED) is 0.660. The fourth-order valence-corrected chi connectivity index (χ4v) is 1.60. The lowest BCUT2D eigenvalue weighted by Crippen LogP contribution is -2.18. The first-order chi connectivity index (χ1) is 9.22. The van der Waals surface area contributed by atoms with Crippen molar-refractivity contribution in [2.45, 2.75) is 26.5 Å². The number of ether oxygens (including phenoxy) is 3. The molecule has 108 valence electrons. The number of rotatable bonds is 10. The molecule has 0 aliphatic rings. The lowest BCUT2D eigenvalue weighted by atomic mass is 10.2. The maximum atomic E-state index is 5.65. The fourth-order valence-electron chi connectivity index (χ4n) is 1.60. The van der Waals surface area contributed by atoms with E-state index in [0.717, 1.165) is 25.4 Å². The normalized spacial score (nSPS) is 10.9. The van der Waals surface area contributed by atoms with Crippen LogP contribution >= 0.6 is 0 Å². The van der Waals surface area contributed by atoms with Gasteiger partial charge in [-0.25, -0.2) is 0 Å². The van der Waals surface area contributed by atoms with Gasteiger partial charge in [0.1, 0.15) is 12.4 Å². The fraction of sp³-hybridized carbons (Fsp3) is 0.600. The van der Waals surface area contributed by atoms with E-state index in [1.165, 1.54) is 5.56 Å². The van der Waals surface area contributed by atoms with Crippen molar-refractivity contribution in [2.75, 3.05) is 33.5 Å². The topological polar surface area (TPSA) is 39.7 Å². The van der Waals surface area contributed by atoms with Crippen LogP contribution in [0.3, 0.4) is 0 Å². The zero-order chi connectivity index (χ0) is 13.9. The lowest BCUT2D eigenvalue weighted by Gasteiger charge is -2.10. The monoisotopic (exact) mass is 267 g/mol. The summed E-state index contributed by atoms with van der Waals surface area (Å²) in [6.45, 7) is 7.64. The summed E-state index contributed by atoms with van der Waals surface area (Å²) in [7, 11) is 1.70. The minimum absolute atomic E-state index is 0.250. The molecule has 1 rings (SSSR count). The summed E-state index contributed by atoms with van der Waals surface area (Å²) in [5.41, 5.74) is 1.21. The van der Waals surface area contributed by atoms with Crippen LogP contribution < -0.4 is 10.1 Å². The molecule has 0 aliphatic heterocycles. The largest absolute Gasteiger partial charge is 0.491 e. The van der Waals surface area contributed by atoms with Gasteiger partial charge >= 0.3 is 0 Å². The molecule has 4 nitrogen and oxygen atoms in total. The van der Waals surface area contributed by atoms with E-state index in [9.17, 15) is 0 Å². The summed E-state index contributed by atoms with van der Waals surface area (Å²) in [6.07, 6.45) is 0.250. The van der Waals surface area contributed by atoms with Crippen molar-refractivity contribution in [1.29, 1.82) is 0 Å². The van der Waals surface area contributed by atoms with Crippen LogP contribution in [0.5, 0.6) is 5.75 Å². The molecule has 0 saturated carbocycles. The van der Waals surface area contributed by atoms with Gasteiger partial charge in [-0.05, 0) is 31.5 Å². The van der Waals surface area contributed by atoms with Crippen molar-refractivity contribution >= 4 is 0 Å². The molecule has 1 aromatic rings. The van der Waals surface area contributed by atoms with Crippen molar-refractivity contribution < 1.29 is 14.2 Å². The maximum Gasteiger partial charge on any atom is 0.119 e. The molecule has 0 atom stereocenters. The van der Waals surface area contributed by atoms with Gasteiger partial charge < -0.3 is 19.5 Å². The van der Waals surface area contributed by atoms with E-state index in [2.05, 4.69) is 17.4 Å². The average molecular weight is 267 g/mol. The lowest BCUT2D eigenvalue weighted by molar-refractivity contribution is 0.0552. The highest BCUT2D eigenvalue weighted by Crippen LogP contribution is 2.13. The Morgan fingerprint density at radius 2 is 2.00 bits per heavy atom. The van der Waals surface area contributed by atoms with Crippen LogP contribution in [0.4, 0.5) is 0 Å². The molecule has 4 heteroatoms. The van der Waals surface area contributed by atoms with Gasteiger partial charge in [-0.15, -0.1) is 0 Å². The Hall–Kier alpha value is -1.10. The number of benzene rings is 1. The highest BCUT2D eigenvalue weighted by atomic mass is 16.5. The summed E-state index contributed by atoms with van der Waals surface area (Å²) in [4.78, 5) is 0. The minimum atomic E-state index is 0.250. The zero-order valence-electron chi connectivity index (χ0n) is 12.1. The van der Waals surface area contributed by atoms with Gasteiger partial charge in [-0.2, -0.15) is 0 Å². The first-order valence-electron chi connectivity index (χ1n) is 6.75. The Kier molecular flexibility index (Phi) is 8.21. The summed E-state index contributed by atoms with van der Waals surface area (Å²) < 4.78 is 16.1. The number of hydrogen-bond donors (Lipinski definition) is 1. The highest BCUT2D eigenvalue weighted by Gasteiger charge is 1.98. The number of nitrogens with one attached hydrogen (secondary N) is 1. The molecule has 0 amide bonds. The standard InChI is InChI=1S/C15H25NO3/c1-13(2)18-9-10-19-15-6-4-5-14(11-15)12-16-7-8-17-3/h4-6,11,13,16H,7-10,12H2,1-3H3. The van der Waals surface area contributed by atoms with Crippen LogP contribution in [-0.2, 0) is 16.0 Å². The molecule has 1 N–H and O–H groups in total. The molecule has 0 aromatic heterocycles. The number of hydrogen-bond acceptors (Lipinski definition) is 4. The highest BCUT2D eigenvalue weighted by molar-refractivity contribution is 5.28. The van der Waals surface area contributed by atoms with Crippen LogP contribution in [0.25, 0.3) is 0 Å². The molecular weight excluding hydrogens is 242 g/mol. The van der Waals surface area contributed by atoms with E-state index in [1.807, 2.05) is 26.0 Å². The Labute approximate surface area is 116 Å². The second-order valence-corrected chi connectivity index (χ2v) is 4.58. The van der Waals surface area contributed by atoms with Crippen LogP contribution in [0, 0.1) is 0 Å². The number of methoxy groups -OCH3 is 1. The van der Waals surface area contributed by atoms with Crippen molar-refractivity contribution in [2.24, 2.45) is 0 Å². The maximum absolute atomic E-state index is 5.65. The molecular formula is C15H25NO3. The van der Waals surface area contributed by atoms with E-state index in [-0.39, 0.29) is 6.10 Å². The predicted octanol–water partition coefficient (Wildman–Crippen LogP) is 2.23. The molecule has 0 radical (unpaired) electrons. The third-order valence-corrected chi connectivity index (χ3v) is 2.51. The molecule has 0 saturated heterocycles. The molecule has 0 unspecified atom stereocenters. The van der Waals surface area contributed by atoms with Gasteiger partial charge in [0.2, 0.25) is 0 Å². The third kappa shape index (κ3) is 7.82. The van der Waals surface area contributed by atoms with Gasteiger partial charge in [0.25, 0.3) is 0 Å². The molecule has 19 heavy (non-hydrogen) atoms. The van der Waals surface area contributed by atoms with Gasteiger partial charge in [-0.3, -0.25) is 0 Å². The van der Waals surface area contributed by atoms with Crippen molar-refractivity contribution in [3.8, 4) is 5.75 Å². The average Bonchev–Trinajstić information content (AvgIpc) is 2.40. The smallest absolute Gasteiger partial charge is 0.119 e. The molecule has 0 aliphatic carbocycles. The van der Waals surface area contributed by atoms with Gasteiger partial charge in [-0.1, -0.05) is 12.1 Å². The SMILES string of the molecule is COCCNCc1cccc(OCCOC(C)C)c1. The summed E-state index contributed by atoms with van der Waals surface area (Å²) in [5, 5.41) is 3.31. The van der Waals surface area contributed by atoms with E-state index < -0.39 is 0 Å². The summed E-state index contributed by atoms with van der Waals surface area (Å²) >= 11 is 0. The molecule has 1 aromatic carbocycles. The first kappa shape index (κ1) is 16.0. The molecule has 0 spiro atoms. The third-order valence-electron chi connectivity index (χ3n) is 2.51. The Morgan fingerprint density at radius 1 is 1.16 bits per heavy atom. The van der Waals surface area contributed by atoms with E-state index in [0.29, 0.717) is 13.2 Å². The Balaban J connectivity index is 2.27.